The minimum atomic E-state index is 0.0720. The third-order valence-electron chi connectivity index (χ3n) is 2.88. The summed E-state index contributed by atoms with van der Waals surface area (Å²) in [7, 11) is 2.08. The Morgan fingerprint density at radius 3 is 2.27 bits per heavy atom. The van der Waals surface area contributed by atoms with Gasteiger partial charge in [0.25, 0.3) is 0 Å². The lowest BCUT2D eigenvalue weighted by Gasteiger charge is -2.37. The number of hydrogen-bond acceptors (Lipinski definition) is 2. The second kappa shape index (κ2) is 4.86. The van der Waals surface area contributed by atoms with E-state index in [0.717, 1.165) is 17.1 Å². The Bertz CT molecular complexity index is 306. The standard InChI is InChI=1S/C12H19ClN2/c1-12(2,8-9-14)15(3)11-6-4-10(13)5-7-11/h4-7H,8-9,14H2,1-3H3. The van der Waals surface area contributed by atoms with Crippen LogP contribution in [0.5, 0.6) is 0 Å². The molecule has 0 aliphatic heterocycles. The van der Waals surface area contributed by atoms with E-state index in [2.05, 4.69) is 25.8 Å². The highest BCUT2D eigenvalue weighted by atomic mass is 35.5. The van der Waals surface area contributed by atoms with Crippen molar-refractivity contribution in [1.29, 1.82) is 0 Å². The van der Waals surface area contributed by atoms with Gasteiger partial charge in [-0.25, -0.2) is 0 Å². The Labute approximate surface area is 97.0 Å². The molecule has 0 aliphatic carbocycles. The molecule has 0 amide bonds. The van der Waals surface area contributed by atoms with E-state index in [9.17, 15) is 0 Å². The van der Waals surface area contributed by atoms with Crippen molar-refractivity contribution in [1.82, 2.24) is 0 Å². The molecule has 0 bridgehead atoms. The molecule has 2 N–H and O–H groups in total. The normalized spacial score (nSPS) is 11.5. The van der Waals surface area contributed by atoms with Crippen molar-refractivity contribution in [3.05, 3.63) is 29.3 Å². The van der Waals surface area contributed by atoms with Crippen molar-refractivity contribution < 1.29 is 0 Å². The summed E-state index contributed by atoms with van der Waals surface area (Å²) >= 11 is 5.85. The van der Waals surface area contributed by atoms with Crippen LogP contribution in [0, 0.1) is 0 Å². The van der Waals surface area contributed by atoms with Crippen LogP contribution in [0.1, 0.15) is 20.3 Å². The molecule has 1 rings (SSSR count). The Morgan fingerprint density at radius 2 is 1.80 bits per heavy atom. The molecule has 3 heteroatoms. The molecule has 0 saturated heterocycles. The summed E-state index contributed by atoms with van der Waals surface area (Å²) in [5.74, 6) is 0. The van der Waals surface area contributed by atoms with Gasteiger partial charge in [-0.1, -0.05) is 11.6 Å². The number of nitrogens with zero attached hydrogens (tertiary/aromatic N) is 1. The summed E-state index contributed by atoms with van der Waals surface area (Å²) in [5.41, 5.74) is 6.84. The summed E-state index contributed by atoms with van der Waals surface area (Å²) in [4.78, 5) is 2.23. The molecule has 2 nitrogen and oxygen atoms in total. The highest BCUT2D eigenvalue weighted by Gasteiger charge is 2.22. The van der Waals surface area contributed by atoms with Crippen molar-refractivity contribution in [3.8, 4) is 0 Å². The van der Waals surface area contributed by atoms with E-state index in [1.807, 2.05) is 24.3 Å². The monoisotopic (exact) mass is 226 g/mol. The molecule has 0 fully saturated rings. The van der Waals surface area contributed by atoms with E-state index in [-0.39, 0.29) is 5.54 Å². The second-order valence-corrected chi connectivity index (χ2v) is 4.82. The average molecular weight is 227 g/mol. The summed E-state index contributed by atoms with van der Waals surface area (Å²) < 4.78 is 0. The molecule has 1 aromatic rings. The van der Waals surface area contributed by atoms with Gasteiger partial charge in [0, 0.05) is 23.3 Å². The largest absolute Gasteiger partial charge is 0.369 e. The van der Waals surface area contributed by atoms with Gasteiger partial charge in [0.2, 0.25) is 0 Å². The molecule has 0 radical (unpaired) electrons. The van der Waals surface area contributed by atoms with Crippen LogP contribution in [0.15, 0.2) is 24.3 Å². The molecule has 0 spiro atoms. The zero-order chi connectivity index (χ0) is 11.5. The van der Waals surface area contributed by atoms with E-state index in [1.54, 1.807) is 0 Å². The van der Waals surface area contributed by atoms with E-state index in [4.69, 9.17) is 17.3 Å². The van der Waals surface area contributed by atoms with E-state index in [1.165, 1.54) is 0 Å². The molecular weight excluding hydrogens is 208 g/mol. The number of hydrogen-bond donors (Lipinski definition) is 1. The van der Waals surface area contributed by atoms with Gasteiger partial charge in [-0.3, -0.25) is 0 Å². The molecule has 0 saturated carbocycles. The van der Waals surface area contributed by atoms with Gasteiger partial charge >= 0.3 is 0 Å². The van der Waals surface area contributed by atoms with Crippen molar-refractivity contribution in [2.45, 2.75) is 25.8 Å². The van der Waals surface area contributed by atoms with Crippen LogP contribution < -0.4 is 10.6 Å². The molecule has 0 aliphatic rings. The summed E-state index contributed by atoms with van der Waals surface area (Å²) in [5, 5.41) is 0.767. The van der Waals surface area contributed by atoms with Crippen molar-refractivity contribution >= 4 is 17.3 Å². The highest BCUT2D eigenvalue weighted by Crippen LogP contribution is 2.25. The lowest BCUT2D eigenvalue weighted by molar-refractivity contribution is 0.456. The quantitative estimate of drug-likeness (QED) is 0.856. The van der Waals surface area contributed by atoms with Gasteiger partial charge in [0.05, 0.1) is 0 Å². The smallest absolute Gasteiger partial charge is 0.0407 e. The van der Waals surface area contributed by atoms with Crippen LogP contribution in [0.4, 0.5) is 5.69 Å². The van der Waals surface area contributed by atoms with Crippen LogP contribution in [0.25, 0.3) is 0 Å². The van der Waals surface area contributed by atoms with Crippen molar-refractivity contribution in [2.24, 2.45) is 5.73 Å². The lowest BCUT2D eigenvalue weighted by atomic mass is 9.98. The fourth-order valence-corrected chi connectivity index (χ4v) is 1.66. The maximum Gasteiger partial charge on any atom is 0.0407 e. The maximum atomic E-state index is 5.85. The van der Waals surface area contributed by atoms with Crippen LogP contribution in [-0.4, -0.2) is 19.1 Å². The van der Waals surface area contributed by atoms with E-state index in [0.29, 0.717) is 6.54 Å². The van der Waals surface area contributed by atoms with Gasteiger partial charge in [-0.05, 0) is 51.1 Å². The predicted molar refractivity (Wildman–Crippen MR) is 67.6 cm³/mol. The maximum absolute atomic E-state index is 5.85. The van der Waals surface area contributed by atoms with Gasteiger partial charge < -0.3 is 10.6 Å². The first kappa shape index (κ1) is 12.3. The average Bonchev–Trinajstić information content (AvgIpc) is 2.18. The van der Waals surface area contributed by atoms with Crippen molar-refractivity contribution in [3.63, 3.8) is 0 Å². The second-order valence-electron chi connectivity index (χ2n) is 4.39. The minimum Gasteiger partial charge on any atom is -0.369 e. The van der Waals surface area contributed by atoms with Gasteiger partial charge in [0.15, 0.2) is 0 Å². The molecule has 0 unspecified atom stereocenters. The Balaban J connectivity index is 2.84. The summed E-state index contributed by atoms with van der Waals surface area (Å²) in [6.45, 7) is 5.08. The zero-order valence-electron chi connectivity index (χ0n) is 9.63. The molecule has 15 heavy (non-hydrogen) atoms. The molecule has 84 valence electrons. The number of rotatable bonds is 4. The minimum absolute atomic E-state index is 0.0720. The van der Waals surface area contributed by atoms with E-state index < -0.39 is 0 Å². The number of anilines is 1. The van der Waals surface area contributed by atoms with Gasteiger partial charge in [-0.2, -0.15) is 0 Å². The Morgan fingerprint density at radius 1 is 1.27 bits per heavy atom. The summed E-state index contributed by atoms with van der Waals surface area (Å²) in [6, 6.07) is 7.87. The molecular formula is C12H19ClN2. The predicted octanol–water partition coefficient (Wildman–Crippen LogP) is 2.90. The van der Waals surface area contributed by atoms with Gasteiger partial charge in [-0.15, -0.1) is 0 Å². The van der Waals surface area contributed by atoms with Gasteiger partial charge in [0.1, 0.15) is 0 Å². The third kappa shape index (κ3) is 3.11. The number of nitrogens with two attached hydrogens (primary N) is 1. The SMILES string of the molecule is CN(c1ccc(Cl)cc1)C(C)(C)CCN. The number of benzene rings is 1. The first-order valence-electron chi connectivity index (χ1n) is 5.17. The fourth-order valence-electron chi connectivity index (χ4n) is 1.54. The molecule has 0 aromatic heterocycles. The fraction of sp³-hybridized carbons (Fsp3) is 0.500. The highest BCUT2D eigenvalue weighted by molar-refractivity contribution is 6.30. The summed E-state index contributed by atoms with van der Waals surface area (Å²) in [6.07, 6.45) is 0.964. The number of halogens is 1. The van der Waals surface area contributed by atoms with E-state index >= 15 is 0 Å². The molecule has 0 heterocycles. The first-order valence-corrected chi connectivity index (χ1v) is 5.54. The van der Waals surface area contributed by atoms with Crippen LogP contribution in [-0.2, 0) is 0 Å². The lowest BCUT2D eigenvalue weighted by Crippen LogP contribution is -2.42. The zero-order valence-corrected chi connectivity index (χ0v) is 10.4. The molecule has 1 aromatic carbocycles. The van der Waals surface area contributed by atoms with Crippen LogP contribution >= 0.6 is 11.6 Å². The molecule has 0 atom stereocenters. The first-order chi connectivity index (χ1) is 6.97. The van der Waals surface area contributed by atoms with Crippen molar-refractivity contribution in [2.75, 3.05) is 18.5 Å². The Hall–Kier alpha value is -0.730. The third-order valence-corrected chi connectivity index (χ3v) is 3.13. The van der Waals surface area contributed by atoms with Crippen LogP contribution in [0.3, 0.4) is 0 Å². The Kier molecular flexibility index (Phi) is 4.00. The topological polar surface area (TPSA) is 29.3 Å². The van der Waals surface area contributed by atoms with Crippen LogP contribution in [0.2, 0.25) is 5.02 Å².